The number of hydrogen-bond acceptors (Lipinski definition) is 6. The largest absolute Gasteiger partial charge is 0.395 e. The Bertz CT molecular complexity index is 1720. The molecule has 44 heavy (non-hydrogen) atoms. The number of rotatable bonds is 11. The molecule has 13 heteroatoms. The smallest absolute Gasteiger partial charge is 0.354 e. The third kappa shape index (κ3) is 7.27. The van der Waals surface area contributed by atoms with Gasteiger partial charge in [-0.05, 0) is 74.4 Å². The molecule has 0 amide bonds. The summed E-state index contributed by atoms with van der Waals surface area (Å²) < 4.78 is 31.8. The molecule has 5 rings (SSSR count). The number of aliphatic hydroxyl groups is 1. The highest BCUT2D eigenvalue weighted by Crippen LogP contribution is 2.32. The van der Waals surface area contributed by atoms with Crippen LogP contribution in [-0.4, -0.2) is 50.8 Å². The number of piperidine rings is 1. The number of aromatic amines is 1. The van der Waals surface area contributed by atoms with Crippen molar-refractivity contribution in [3.05, 3.63) is 80.9 Å². The summed E-state index contributed by atoms with van der Waals surface area (Å²) in [5.74, 6) is -0.979. The Morgan fingerprint density at radius 2 is 2.02 bits per heavy atom. The summed E-state index contributed by atoms with van der Waals surface area (Å²) in [6, 6.07) is 9.34. The van der Waals surface area contributed by atoms with E-state index in [-0.39, 0.29) is 46.9 Å². The minimum absolute atomic E-state index is 0.0294. The van der Waals surface area contributed by atoms with Crippen LogP contribution in [0.15, 0.2) is 52.4 Å². The Hall–Kier alpha value is -3.84. The van der Waals surface area contributed by atoms with Gasteiger partial charge in [0.05, 0.1) is 23.0 Å². The Balaban J connectivity index is 1.38. The Morgan fingerprint density at radius 3 is 2.77 bits per heavy atom. The number of aliphatic imine (C=N–C) groups is 1. The predicted octanol–water partition coefficient (Wildman–Crippen LogP) is 3.80. The minimum atomic E-state index is -0.610. The highest BCUT2D eigenvalue weighted by atomic mass is 35.5. The Morgan fingerprint density at radius 1 is 1.20 bits per heavy atom. The van der Waals surface area contributed by atoms with Gasteiger partial charge in [-0.3, -0.25) is 9.56 Å². The van der Waals surface area contributed by atoms with Crippen molar-refractivity contribution in [3.63, 3.8) is 0 Å². The van der Waals surface area contributed by atoms with Crippen molar-refractivity contribution in [2.45, 2.75) is 63.1 Å². The number of fused-ring (bicyclic) bond motifs is 1. The first-order chi connectivity index (χ1) is 21.1. The quantitative estimate of drug-likeness (QED) is 0.108. The van der Waals surface area contributed by atoms with Gasteiger partial charge in [0.1, 0.15) is 11.5 Å². The van der Waals surface area contributed by atoms with Crippen molar-refractivity contribution < 1.29 is 13.9 Å². The highest BCUT2D eigenvalue weighted by Gasteiger charge is 2.24. The van der Waals surface area contributed by atoms with Crippen molar-refractivity contribution in [1.29, 1.82) is 0 Å². The van der Waals surface area contributed by atoms with Gasteiger partial charge in [0.2, 0.25) is 0 Å². The maximum atomic E-state index is 15.4. The molecule has 9 N–H and O–H groups in total. The first-order valence-corrected chi connectivity index (χ1v) is 15.1. The monoisotopic (exact) mass is 626 g/mol. The van der Waals surface area contributed by atoms with Crippen LogP contribution in [0.3, 0.4) is 0 Å². The van der Waals surface area contributed by atoms with Crippen LogP contribution >= 0.6 is 11.6 Å². The third-order valence-electron chi connectivity index (χ3n) is 8.05. The number of nitrogens with zero attached hydrogens (tertiary/aromatic N) is 3. The van der Waals surface area contributed by atoms with Gasteiger partial charge in [0, 0.05) is 47.4 Å². The van der Waals surface area contributed by atoms with Gasteiger partial charge in [-0.1, -0.05) is 24.1 Å². The SMILES string of the molecule is NC(N)=NCC[C@@H]1CCC[C@@H](c2ccc(-n3cc4cc(-c5cc(CCC[C@@H](N)CO)cc(Cl)c5F)[nH]c4nc3=O)cc2F)N1. The van der Waals surface area contributed by atoms with E-state index in [2.05, 4.69) is 20.3 Å². The van der Waals surface area contributed by atoms with Crippen LogP contribution in [0.2, 0.25) is 5.02 Å². The Kier molecular flexibility index (Phi) is 9.94. The molecule has 4 aromatic rings. The molecule has 1 saturated heterocycles. The van der Waals surface area contributed by atoms with E-state index in [1.54, 1.807) is 36.5 Å². The van der Waals surface area contributed by atoms with Crippen LogP contribution in [0.5, 0.6) is 0 Å². The van der Waals surface area contributed by atoms with Gasteiger partial charge in [-0.25, -0.2) is 13.6 Å². The topological polar surface area (TPSA) is 173 Å². The summed E-state index contributed by atoms with van der Waals surface area (Å²) in [5.41, 5.74) is 18.6. The van der Waals surface area contributed by atoms with Crippen molar-refractivity contribution in [1.82, 2.24) is 19.9 Å². The van der Waals surface area contributed by atoms with Gasteiger partial charge in [0.25, 0.3) is 0 Å². The molecule has 0 bridgehead atoms. The highest BCUT2D eigenvalue weighted by molar-refractivity contribution is 6.31. The van der Waals surface area contributed by atoms with Crippen LogP contribution in [0, 0.1) is 11.6 Å². The van der Waals surface area contributed by atoms with Crippen LogP contribution < -0.4 is 28.2 Å². The van der Waals surface area contributed by atoms with Crippen molar-refractivity contribution in [2.75, 3.05) is 13.2 Å². The molecule has 1 fully saturated rings. The second-order valence-corrected chi connectivity index (χ2v) is 11.7. The minimum Gasteiger partial charge on any atom is -0.395 e. The zero-order valence-corrected chi connectivity index (χ0v) is 25.0. The van der Waals surface area contributed by atoms with E-state index in [1.807, 2.05) is 0 Å². The number of aliphatic hydroxyl groups excluding tert-OH is 1. The van der Waals surface area contributed by atoms with E-state index >= 15 is 8.78 Å². The summed E-state index contributed by atoms with van der Waals surface area (Å²) in [5, 5.41) is 13.2. The van der Waals surface area contributed by atoms with Gasteiger partial charge >= 0.3 is 5.69 Å². The van der Waals surface area contributed by atoms with Gasteiger partial charge in [0.15, 0.2) is 11.8 Å². The fourth-order valence-corrected chi connectivity index (χ4v) is 6.00. The molecule has 2 aromatic heterocycles. The van der Waals surface area contributed by atoms with Crippen LogP contribution in [0.4, 0.5) is 8.78 Å². The maximum absolute atomic E-state index is 15.4. The number of benzene rings is 2. The fourth-order valence-electron chi connectivity index (χ4n) is 5.76. The predicted molar refractivity (Wildman–Crippen MR) is 169 cm³/mol. The number of H-pyrrole nitrogens is 1. The summed E-state index contributed by atoms with van der Waals surface area (Å²) in [4.78, 5) is 24.2. The van der Waals surface area contributed by atoms with E-state index < -0.39 is 17.3 Å². The van der Waals surface area contributed by atoms with Crippen LogP contribution in [0.1, 0.15) is 55.7 Å². The third-order valence-corrected chi connectivity index (χ3v) is 8.33. The average molecular weight is 627 g/mol. The molecular weight excluding hydrogens is 590 g/mol. The lowest BCUT2D eigenvalue weighted by molar-refractivity contribution is 0.258. The van der Waals surface area contributed by atoms with E-state index in [4.69, 9.17) is 33.9 Å². The summed E-state index contributed by atoms with van der Waals surface area (Å²) in [7, 11) is 0. The molecule has 3 heterocycles. The number of aromatic nitrogens is 3. The molecule has 0 spiro atoms. The van der Waals surface area contributed by atoms with E-state index in [1.165, 1.54) is 10.6 Å². The van der Waals surface area contributed by atoms with Crippen molar-refractivity contribution in [2.24, 2.45) is 22.2 Å². The van der Waals surface area contributed by atoms with E-state index in [0.717, 1.165) is 31.2 Å². The van der Waals surface area contributed by atoms with E-state index in [9.17, 15) is 4.79 Å². The van der Waals surface area contributed by atoms with Gasteiger partial charge in [-0.15, -0.1) is 0 Å². The summed E-state index contributed by atoms with van der Waals surface area (Å²) in [6.07, 6.45) is 6.88. The van der Waals surface area contributed by atoms with Crippen molar-refractivity contribution >= 4 is 28.6 Å². The molecule has 2 aromatic carbocycles. The molecule has 0 saturated carbocycles. The molecular formula is C31H37ClF2N8O2. The fraction of sp³-hybridized carbons (Fsp3) is 0.387. The number of hydrogen-bond donors (Lipinski definition) is 6. The first kappa shape index (κ1) is 31.6. The second-order valence-electron chi connectivity index (χ2n) is 11.3. The number of aryl methyl sites for hydroxylation is 1. The molecule has 10 nitrogen and oxygen atoms in total. The van der Waals surface area contributed by atoms with Crippen LogP contribution in [-0.2, 0) is 6.42 Å². The summed E-state index contributed by atoms with van der Waals surface area (Å²) >= 11 is 6.21. The zero-order chi connectivity index (χ0) is 31.4. The lowest BCUT2D eigenvalue weighted by atomic mass is 9.91. The lowest BCUT2D eigenvalue weighted by Gasteiger charge is -2.31. The molecule has 234 valence electrons. The summed E-state index contributed by atoms with van der Waals surface area (Å²) in [6.45, 7) is 0.399. The number of guanidine groups is 1. The van der Waals surface area contributed by atoms with Crippen molar-refractivity contribution in [3.8, 4) is 16.9 Å². The lowest BCUT2D eigenvalue weighted by Crippen LogP contribution is -2.38. The molecule has 1 aliphatic heterocycles. The molecule has 1 aliphatic rings. The zero-order valence-electron chi connectivity index (χ0n) is 24.2. The molecule has 3 atom stereocenters. The number of halogens is 3. The number of nitrogens with one attached hydrogen (secondary N) is 2. The molecule has 0 unspecified atom stereocenters. The number of nitrogens with two attached hydrogens (primary N) is 3. The molecule has 0 radical (unpaired) electrons. The second kappa shape index (κ2) is 13.9. The standard InChI is InChI=1S/C31H37ClF2N8O2/c32-24-12-17(3-1-4-19(35)16-43)11-23(28(24)34)27-13-18-15-42(31(44)41-29(18)40-27)21-7-8-22(25(33)14-21)26-6-2-5-20(39-26)9-10-38-30(36)37/h7-8,11-15,19-20,26,39,43H,1-6,9-10,16,35H2,(H4,36,37,38)(H,40,41,44)/t19-,20+,26+/m1/s1. The first-order valence-electron chi connectivity index (χ1n) is 14.7. The van der Waals surface area contributed by atoms with Gasteiger partial charge < -0.3 is 32.6 Å². The van der Waals surface area contributed by atoms with Crippen LogP contribution in [0.25, 0.3) is 28.0 Å². The maximum Gasteiger partial charge on any atom is 0.354 e. The van der Waals surface area contributed by atoms with Gasteiger partial charge in [-0.2, -0.15) is 4.98 Å². The normalized spacial score (nSPS) is 17.6. The van der Waals surface area contributed by atoms with E-state index in [0.29, 0.717) is 48.1 Å². The average Bonchev–Trinajstić information content (AvgIpc) is 3.40. The Labute approximate surface area is 258 Å². The molecule has 0 aliphatic carbocycles.